The van der Waals surface area contributed by atoms with E-state index in [1.807, 2.05) is 19.1 Å². The SMILES string of the molecule is CCNC(=O)Nc1cc(CN2CCN(c3ccc(C#N)cn3)CC2)sn1. The van der Waals surface area contributed by atoms with Crippen LogP contribution in [0.15, 0.2) is 24.4 Å². The van der Waals surface area contributed by atoms with Crippen LogP contribution in [0.2, 0.25) is 0 Å². The lowest BCUT2D eigenvalue weighted by Crippen LogP contribution is -2.46. The van der Waals surface area contributed by atoms with Gasteiger partial charge in [-0.1, -0.05) is 0 Å². The number of rotatable bonds is 5. The first-order valence-electron chi connectivity index (χ1n) is 8.52. The molecule has 2 N–H and O–H groups in total. The topological polar surface area (TPSA) is 97.2 Å². The molecule has 136 valence electrons. The standard InChI is InChI=1S/C17H21N7OS/c1-2-19-17(25)21-15-9-14(26-22-15)12-23-5-7-24(8-6-23)16-4-3-13(10-18)11-20-16/h3-4,9,11H,2,5-8,12H2,1H3,(H2,19,21,22,25). The fourth-order valence-electron chi connectivity index (χ4n) is 2.76. The minimum absolute atomic E-state index is 0.229. The molecule has 0 aromatic carbocycles. The maximum absolute atomic E-state index is 11.5. The first kappa shape index (κ1) is 18.1. The zero-order valence-electron chi connectivity index (χ0n) is 14.6. The summed E-state index contributed by atoms with van der Waals surface area (Å²) in [5.41, 5.74) is 0.578. The van der Waals surface area contributed by atoms with E-state index >= 15 is 0 Å². The summed E-state index contributed by atoms with van der Waals surface area (Å²) in [6.45, 7) is 6.92. The Morgan fingerprint density at radius 1 is 1.35 bits per heavy atom. The van der Waals surface area contributed by atoms with Gasteiger partial charge in [-0.05, 0) is 36.7 Å². The third-order valence-corrected chi connectivity index (χ3v) is 4.86. The maximum Gasteiger partial charge on any atom is 0.320 e. The lowest BCUT2D eigenvalue weighted by Gasteiger charge is -2.35. The van der Waals surface area contributed by atoms with E-state index in [0.29, 0.717) is 17.9 Å². The van der Waals surface area contributed by atoms with Crippen molar-refractivity contribution in [1.82, 2.24) is 19.6 Å². The van der Waals surface area contributed by atoms with Gasteiger partial charge in [0.05, 0.1) is 5.56 Å². The summed E-state index contributed by atoms with van der Waals surface area (Å²) in [7, 11) is 0. The van der Waals surface area contributed by atoms with E-state index in [2.05, 4.69) is 35.9 Å². The van der Waals surface area contributed by atoms with Gasteiger partial charge in [-0.15, -0.1) is 0 Å². The van der Waals surface area contributed by atoms with Gasteiger partial charge in [-0.3, -0.25) is 10.2 Å². The molecule has 0 aliphatic carbocycles. The Labute approximate surface area is 156 Å². The van der Waals surface area contributed by atoms with E-state index in [1.54, 1.807) is 12.3 Å². The van der Waals surface area contributed by atoms with E-state index in [1.165, 1.54) is 11.5 Å². The number of carbonyl (C=O) groups excluding carboxylic acids is 1. The number of nitrogens with one attached hydrogen (secondary N) is 2. The highest BCUT2D eigenvalue weighted by molar-refractivity contribution is 7.06. The van der Waals surface area contributed by atoms with Crippen molar-refractivity contribution < 1.29 is 4.79 Å². The molecule has 3 rings (SSSR count). The number of urea groups is 1. The summed E-state index contributed by atoms with van der Waals surface area (Å²) in [4.78, 5) is 21.6. The van der Waals surface area contributed by atoms with Crippen molar-refractivity contribution in [2.75, 3.05) is 42.9 Å². The van der Waals surface area contributed by atoms with Gasteiger partial charge in [-0.25, -0.2) is 9.78 Å². The third-order valence-electron chi connectivity index (χ3n) is 4.09. The Morgan fingerprint density at radius 3 is 2.81 bits per heavy atom. The zero-order valence-corrected chi connectivity index (χ0v) is 15.4. The molecule has 0 spiro atoms. The lowest BCUT2D eigenvalue weighted by molar-refractivity contribution is 0.251. The molecular weight excluding hydrogens is 350 g/mol. The van der Waals surface area contributed by atoms with Crippen LogP contribution in [0.1, 0.15) is 17.4 Å². The minimum Gasteiger partial charge on any atom is -0.354 e. The van der Waals surface area contributed by atoms with Crippen LogP contribution in [0.25, 0.3) is 0 Å². The molecule has 1 fully saturated rings. The number of pyridine rings is 1. The molecule has 3 heterocycles. The Morgan fingerprint density at radius 2 is 2.15 bits per heavy atom. The van der Waals surface area contributed by atoms with E-state index < -0.39 is 0 Å². The van der Waals surface area contributed by atoms with Gasteiger partial charge >= 0.3 is 6.03 Å². The molecule has 0 radical (unpaired) electrons. The van der Waals surface area contributed by atoms with Gasteiger partial charge in [0.15, 0.2) is 0 Å². The van der Waals surface area contributed by atoms with Crippen LogP contribution >= 0.6 is 11.5 Å². The molecule has 8 nitrogen and oxygen atoms in total. The number of hydrogen-bond acceptors (Lipinski definition) is 7. The van der Waals surface area contributed by atoms with Gasteiger partial charge in [0, 0.05) is 50.3 Å². The van der Waals surface area contributed by atoms with Crippen molar-refractivity contribution in [1.29, 1.82) is 5.26 Å². The van der Waals surface area contributed by atoms with Crippen LogP contribution in [0.5, 0.6) is 0 Å². The van der Waals surface area contributed by atoms with Gasteiger partial charge in [0.1, 0.15) is 17.7 Å². The Hall–Kier alpha value is -2.70. The van der Waals surface area contributed by atoms with Crippen LogP contribution in [-0.4, -0.2) is 53.0 Å². The fourth-order valence-corrected chi connectivity index (χ4v) is 3.48. The number of hydrogen-bond donors (Lipinski definition) is 2. The molecule has 1 aliphatic rings. The van der Waals surface area contributed by atoms with Crippen LogP contribution in [-0.2, 0) is 6.54 Å². The monoisotopic (exact) mass is 371 g/mol. The summed E-state index contributed by atoms with van der Waals surface area (Å²) in [5, 5.41) is 14.3. The number of amides is 2. The highest BCUT2D eigenvalue weighted by Crippen LogP contribution is 2.19. The van der Waals surface area contributed by atoms with E-state index in [0.717, 1.165) is 43.4 Å². The number of nitrogens with zero attached hydrogens (tertiary/aromatic N) is 5. The van der Waals surface area contributed by atoms with Crippen LogP contribution in [0, 0.1) is 11.3 Å². The van der Waals surface area contributed by atoms with Gasteiger partial charge in [-0.2, -0.15) is 9.64 Å². The molecule has 2 aromatic rings. The molecule has 2 amide bonds. The van der Waals surface area contributed by atoms with E-state index in [9.17, 15) is 4.79 Å². The summed E-state index contributed by atoms with van der Waals surface area (Å²) >= 11 is 1.41. The highest BCUT2D eigenvalue weighted by Gasteiger charge is 2.19. The van der Waals surface area contributed by atoms with Gasteiger partial charge < -0.3 is 10.2 Å². The van der Waals surface area contributed by atoms with Crippen LogP contribution < -0.4 is 15.5 Å². The molecule has 0 bridgehead atoms. The number of carbonyl (C=O) groups is 1. The molecule has 2 aromatic heterocycles. The molecule has 0 saturated carbocycles. The number of anilines is 2. The van der Waals surface area contributed by atoms with Crippen molar-refractivity contribution >= 4 is 29.2 Å². The second kappa shape index (κ2) is 8.60. The van der Waals surface area contributed by atoms with Crippen LogP contribution in [0.4, 0.5) is 16.4 Å². The quantitative estimate of drug-likeness (QED) is 0.833. The summed E-state index contributed by atoms with van der Waals surface area (Å²) in [5.74, 6) is 1.51. The number of aromatic nitrogens is 2. The first-order chi connectivity index (χ1) is 12.7. The minimum atomic E-state index is -0.229. The molecule has 9 heteroatoms. The van der Waals surface area contributed by atoms with E-state index in [-0.39, 0.29) is 6.03 Å². The summed E-state index contributed by atoms with van der Waals surface area (Å²) < 4.78 is 4.28. The summed E-state index contributed by atoms with van der Waals surface area (Å²) in [6.07, 6.45) is 1.61. The smallest absolute Gasteiger partial charge is 0.320 e. The Balaban J connectivity index is 1.48. The number of piperazine rings is 1. The Bertz CT molecular complexity index is 775. The predicted molar refractivity (Wildman–Crippen MR) is 101 cm³/mol. The molecule has 0 unspecified atom stereocenters. The maximum atomic E-state index is 11.5. The average molecular weight is 371 g/mol. The van der Waals surface area contributed by atoms with Crippen LogP contribution in [0.3, 0.4) is 0 Å². The van der Waals surface area contributed by atoms with Gasteiger partial charge in [0.25, 0.3) is 0 Å². The molecule has 1 saturated heterocycles. The predicted octanol–water partition coefficient (Wildman–Crippen LogP) is 1.87. The average Bonchev–Trinajstić information content (AvgIpc) is 3.09. The van der Waals surface area contributed by atoms with Gasteiger partial charge in [0.2, 0.25) is 0 Å². The van der Waals surface area contributed by atoms with Crippen molar-refractivity contribution in [2.45, 2.75) is 13.5 Å². The Kier molecular flexibility index (Phi) is 5.99. The van der Waals surface area contributed by atoms with E-state index in [4.69, 9.17) is 5.26 Å². The zero-order chi connectivity index (χ0) is 18.4. The van der Waals surface area contributed by atoms with Crippen molar-refractivity contribution in [3.63, 3.8) is 0 Å². The highest BCUT2D eigenvalue weighted by atomic mass is 32.1. The normalized spacial score (nSPS) is 14.7. The second-order valence-corrected chi connectivity index (χ2v) is 6.83. The largest absolute Gasteiger partial charge is 0.354 e. The lowest BCUT2D eigenvalue weighted by atomic mass is 10.2. The molecule has 26 heavy (non-hydrogen) atoms. The number of nitriles is 1. The molecular formula is C17H21N7OS. The molecule has 1 aliphatic heterocycles. The van der Waals surface area contributed by atoms with Crippen molar-refractivity contribution in [2.24, 2.45) is 0 Å². The van der Waals surface area contributed by atoms with Crippen molar-refractivity contribution in [3.8, 4) is 6.07 Å². The third kappa shape index (κ3) is 4.68. The molecule has 0 atom stereocenters. The fraction of sp³-hybridized carbons (Fsp3) is 0.412. The summed E-state index contributed by atoms with van der Waals surface area (Å²) in [6, 6.07) is 7.48. The first-order valence-corrected chi connectivity index (χ1v) is 9.29. The second-order valence-electron chi connectivity index (χ2n) is 5.94. The van der Waals surface area contributed by atoms with Crippen molar-refractivity contribution in [3.05, 3.63) is 34.8 Å².